The van der Waals surface area contributed by atoms with Crippen molar-refractivity contribution in [2.24, 2.45) is 0 Å². The van der Waals surface area contributed by atoms with Crippen LogP contribution < -0.4 is 5.32 Å². The molecule has 168 valence electrons. The number of hydrogen-bond donors (Lipinski definition) is 1. The molecule has 0 radical (unpaired) electrons. The second-order valence-electron chi connectivity index (χ2n) is 8.40. The largest absolute Gasteiger partial charge is 0.355 e. The van der Waals surface area contributed by atoms with Crippen LogP contribution in [0.1, 0.15) is 37.6 Å². The minimum absolute atomic E-state index is 0.0843. The first kappa shape index (κ1) is 22.3. The number of imidazole rings is 1. The van der Waals surface area contributed by atoms with E-state index in [0.29, 0.717) is 18.0 Å². The van der Waals surface area contributed by atoms with E-state index >= 15 is 0 Å². The zero-order valence-electron chi connectivity index (χ0n) is 18.4. The lowest BCUT2D eigenvalue weighted by Gasteiger charge is -2.33. The van der Waals surface area contributed by atoms with Crippen molar-refractivity contribution in [3.05, 3.63) is 64.9 Å². The number of carbonyl (C=O) groups excluding carboxylic acids is 2. The highest BCUT2D eigenvalue weighted by atomic mass is 35.5. The Hall–Kier alpha value is -2.86. The number of fused-ring (bicyclic) bond motifs is 1. The molecule has 1 saturated heterocycles. The molecule has 6 nitrogen and oxygen atoms in total. The Kier molecular flexibility index (Phi) is 7.10. The summed E-state index contributed by atoms with van der Waals surface area (Å²) in [7, 11) is 0. The minimum Gasteiger partial charge on any atom is -0.355 e. The summed E-state index contributed by atoms with van der Waals surface area (Å²) >= 11 is 6.16. The van der Waals surface area contributed by atoms with Gasteiger partial charge in [-0.1, -0.05) is 41.9 Å². The van der Waals surface area contributed by atoms with E-state index in [1.54, 1.807) is 6.07 Å². The van der Waals surface area contributed by atoms with Gasteiger partial charge in [-0.25, -0.2) is 4.98 Å². The van der Waals surface area contributed by atoms with E-state index in [9.17, 15) is 9.59 Å². The molecule has 0 aliphatic carbocycles. The van der Waals surface area contributed by atoms with Crippen molar-refractivity contribution in [1.82, 2.24) is 19.8 Å². The summed E-state index contributed by atoms with van der Waals surface area (Å²) in [6, 6.07) is 15.5. The number of para-hydroxylation sites is 2. The van der Waals surface area contributed by atoms with E-state index < -0.39 is 0 Å². The predicted octanol–water partition coefficient (Wildman–Crippen LogP) is 3.99. The van der Waals surface area contributed by atoms with Gasteiger partial charge in [0.2, 0.25) is 11.8 Å². The molecule has 32 heavy (non-hydrogen) atoms. The third kappa shape index (κ3) is 5.13. The molecule has 3 aromatic rings. The maximum absolute atomic E-state index is 13.1. The molecule has 2 amide bonds. The average Bonchev–Trinajstić information content (AvgIpc) is 3.13. The standard InChI is InChI=1S/C25H29ClN4O2/c1-18-8-6-7-15-29(18)25(32)17-30-22-12-5-4-11-21(22)28-23(30)13-14-27-24(31)16-19-9-2-3-10-20(19)26/h2-5,9-12,18H,6-8,13-17H2,1H3,(H,27,31). The van der Waals surface area contributed by atoms with Crippen molar-refractivity contribution < 1.29 is 9.59 Å². The summed E-state index contributed by atoms with van der Waals surface area (Å²) in [6.45, 7) is 3.66. The number of hydrogen-bond acceptors (Lipinski definition) is 3. The maximum atomic E-state index is 13.1. The number of piperidine rings is 1. The molecular weight excluding hydrogens is 424 g/mol. The fraction of sp³-hybridized carbons (Fsp3) is 0.400. The molecule has 1 N–H and O–H groups in total. The number of aromatic nitrogens is 2. The van der Waals surface area contributed by atoms with Crippen LogP contribution >= 0.6 is 11.6 Å². The molecule has 7 heteroatoms. The zero-order chi connectivity index (χ0) is 22.5. The number of carbonyl (C=O) groups is 2. The smallest absolute Gasteiger partial charge is 0.242 e. The Morgan fingerprint density at radius 3 is 2.72 bits per heavy atom. The first-order valence-electron chi connectivity index (χ1n) is 11.3. The molecule has 1 aliphatic rings. The molecule has 0 spiro atoms. The SMILES string of the molecule is CC1CCCCN1C(=O)Cn1c(CCNC(=O)Cc2ccccc2Cl)nc2ccccc21. The second-order valence-corrected chi connectivity index (χ2v) is 8.81. The molecule has 2 heterocycles. The van der Waals surface area contributed by atoms with Crippen LogP contribution in [-0.2, 0) is 29.0 Å². The summed E-state index contributed by atoms with van der Waals surface area (Å²) in [5, 5.41) is 3.55. The first-order chi connectivity index (χ1) is 15.5. The first-order valence-corrected chi connectivity index (χ1v) is 11.6. The van der Waals surface area contributed by atoms with Crippen molar-refractivity contribution in [3.8, 4) is 0 Å². The van der Waals surface area contributed by atoms with E-state index in [-0.39, 0.29) is 30.8 Å². The van der Waals surface area contributed by atoms with E-state index in [4.69, 9.17) is 16.6 Å². The van der Waals surface area contributed by atoms with Gasteiger partial charge in [0.15, 0.2) is 0 Å². The van der Waals surface area contributed by atoms with Crippen LogP contribution in [0.5, 0.6) is 0 Å². The normalized spacial score (nSPS) is 16.3. The number of amides is 2. The van der Waals surface area contributed by atoms with Crippen LogP contribution in [0.25, 0.3) is 11.0 Å². The van der Waals surface area contributed by atoms with Crippen LogP contribution in [0, 0.1) is 0 Å². The summed E-state index contributed by atoms with van der Waals surface area (Å²) in [6.07, 6.45) is 4.08. The van der Waals surface area contributed by atoms with Gasteiger partial charge in [0, 0.05) is 30.6 Å². The van der Waals surface area contributed by atoms with Crippen LogP contribution in [-0.4, -0.2) is 45.4 Å². The lowest BCUT2D eigenvalue weighted by Crippen LogP contribution is -2.43. The van der Waals surface area contributed by atoms with Gasteiger partial charge in [-0.2, -0.15) is 0 Å². The molecule has 0 saturated carbocycles. The molecule has 1 aromatic heterocycles. The molecular formula is C25H29ClN4O2. The van der Waals surface area contributed by atoms with Crippen molar-refractivity contribution >= 4 is 34.4 Å². The lowest BCUT2D eigenvalue weighted by molar-refractivity contribution is -0.135. The van der Waals surface area contributed by atoms with E-state index in [1.165, 1.54) is 6.42 Å². The Morgan fingerprint density at radius 2 is 1.91 bits per heavy atom. The van der Waals surface area contributed by atoms with Gasteiger partial charge in [0.25, 0.3) is 0 Å². The van der Waals surface area contributed by atoms with Crippen molar-refractivity contribution in [3.63, 3.8) is 0 Å². The van der Waals surface area contributed by atoms with Gasteiger partial charge in [0.1, 0.15) is 12.4 Å². The molecule has 1 fully saturated rings. The molecule has 0 bridgehead atoms. The van der Waals surface area contributed by atoms with Crippen LogP contribution in [0.2, 0.25) is 5.02 Å². The number of nitrogens with zero attached hydrogens (tertiary/aromatic N) is 3. The zero-order valence-corrected chi connectivity index (χ0v) is 19.1. The molecule has 2 aromatic carbocycles. The quantitative estimate of drug-likeness (QED) is 0.589. The van der Waals surface area contributed by atoms with Crippen molar-refractivity contribution in [2.45, 2.75) is 51.6 Å². The van der Waals surface area contributed by atoms with Gasteiger partial charge in [-0.3, -0.25) is 9.59 Å². The van der Waals surface area contributed by atoms with Crippen molar-refractivity contribution in [1.29, 1.82) is 0 Å². The number of benzene rings is 2. The maximum Gasteiger partial charge on any atom is 0.242 e. The van der Waals surface area contributed by atoms with E-state index in [1.807, 2.05) is 51.9 Å². The topological polar surface area (TPSA) is 67.2 Å². The Labute approximate surface area is 193 Å². The number of halogens is 1. The van der Waals surface area contributed by atoms with Gasteiger partial charge in [0.05, 0.1) is 17.5 Å². The predicted molar refractivity (Wildman–Crippen MR) is 127 cm³/mol. The van der Waals surface area contributed by atoms with Gasteiger partial charge in [-0.05, 0) is 49.9 Å². The average molecular weight is 453 g/mol. The molecule has 1 aliphatic heterocycles. The Morgan fingerprint density at radius 1 is 1.12 bits per heavy atom. The summed E-state index contributed by atoms with van der Waals surface area (Å²) < 4.78 is 2.00. The number of nitrogens with one attached hydrogen (secondary N) is 1. The van der Waals surface area contributed by atoms with Gasteiger partial charge in [-0.15, -0.1) is 0 Å². The summed E-state index contributed by atoms with van der Waals surface area (Å²) in [5.41, 5.74) is 2.62. The fourth-order valence-corrected chi connectivity index (χ4v) is 4.58. The van der Waals surface area contributed by atoms with Crippen LogP contribution in [0.3, 0.4) is 0 Å². The van der Waals surface area contributed by atoms with Gasteiger partial charge < -0.3 is 14.8 Å². The highest BCUT2D eigenvalue weighted by Gasteiger charge is 2.24. The van der Waals surface area contributed by atoms with Gasteiger partial charge >= 0.3 is 0 Å². The van der Waals surface area contributed by atoms with Crippen LogP contribution in [0.15, 0.2) is 48.5 Å². The lowest BCUT2D eigenvalue weighted by atomic mass is 10.0. The highest BCUT2D eigenvalue weighted by Crippen LogP contribution is 2.20. The number of likely N-dealkylation sites (tertiary alicyclic amines) is 1. The minimum atomic E-state index is -0.0843. The molecule has 1 unspecified atom stereocenters. The highest BCUT2D eigenvalue weighted by molar-refractivity contribution is 6.31. The molecule has 1 atom stereocenters. The second kappa shape index (κ2) is 10.2. The Bertz CT molecular complexity index is 1110. The Balaban J connectivity index is 1.43. The third-order valence-corrected chi connectivity index (χ3v) is 6.50. The van der Waals surface area contributed by atoms with E-state index in [0.717, 1.165) is 41.8 Å². The van der Waals surface area contributed by atoms with E-state index in [2.05, 4.69) is 12.2 Å². The summed E-state index contributed by atoms with van der Waals surface area (Å²) in [4.78, 5) is 32.2. The number of rotatable bonds is 7. The fourth-order valence-electron chi connectivity index (χ4n) is 4.38. The van der Waals surface area contributed by atoms with Crippen LogP contribution in [0.4, 0.5) is 0 Å². The summed E-state index contributed by atoms with van der Waals surface area (Å²) in [5.74, 6) is 0.852. The monoisotopic (exact) mass is 452 g/mol. The van der Waals surface area contributed by atoms with Crippen molar-refractivity contribution in [2.75, 3.05) is 13.1 Å². The third-order valence-electron chi connectivity index (χ3n) is 6.13. The molecule has 4 rings (SSSR count).